The molecule has 0 fully saturated rings. The molecule has 0 atom stereocenters. The first kappa shape index (κ1) is 17.0. The summed E-state index contributed by atoms with van der Waals surface area (Å²) in [7, 11) is 0. The van der Waals surface area contributed by atoms with E-state index in [2.05, 4.69) is 4.98 Å². The number of rotatable bonds is 4. The highest BCUT2D eigenvalue weighted by atomic mass is 15.0. The number of benzene rings is 3. The van der Waals surface area contributed by atoms with E-state index in [1.54, 1.807) is 12.5 Å². The Morgan fingerprint density at radius 2 is 1.00 bits per heavy atom. The zero-order valence-electron chi connectivity index (χ0n) is 15.6. The third kappa shape index (κ3) is 3.53. The van der Waals surface area contributed by atoms with E-state index in [0.717, 1.165) is 22.4 Å². The van der Waals surface area contributed by atoms with Crippen LogP contribution in [0.4, 0.5) is 0 Å². The van der Waals surface area contributed by atoms with Crippen LogP contribution < -0.4 is 0 Å². The van der Waals surface area contributed by atoms with Gasteiger partial charge in [0, 0.05) is 34.8 Å². The van der Waals surface area contributed by atoms with E-state index in [-0.39, 0.29) is 0 Å². The first-order valence-corrected chi connectivity index (χ1v) is 9.32. The molecular formula is C24H17N5. The Morgan fingerprint density at radius 3 is 1.45 bits per heavy atom. The Hall–Kier alpha value is -4.12. The highest BCUT2D eigenvalue weighted by Gasteiger charge is 2.12. The van der Waals surface area contributed by atoms with Crippen LogP contribution in [0.15, 0.2) is 104 Å². The van der Waals surface area contributed by atoms with Gasteiger partial charge in [0.15, 0.2) is 17.5 Å². The molecule has 5 rings (SSSR count). The maximum Gasteiger partial charge on any atom is 0.164 e. The summed E-state index contributed by atoms with van der Waals surface area (Å²) in [5.74, 6) is 1.97. The van der Waals surface area contributed by atoms with E-state index in [1.165, 1.54) is 0 Å². The summed E-state index contributed by atoms with van der Waals surface area (Å²) >= 11 is 0. The number of imidazole rings is 1. The van der Waals surface area contributed by atoms with Crippen molar-refractivity contribution in [3.63, 3.8) is 0 Å². The normalized spacial score (nSPS) is 10.8. The third-order valence-electron chi connectivity index (χ3n) is 4.63. The zero-order chi connectivity index (χ0) is 19.5. The minimum atomic E-state index is 0.648. The zero-order valence-corrected chi connectivity index (χ0v) is 15.6. The van der Waals surface area contributed by atoms with Gasteiger partial charge in [-0.05, 0) is 24.3 Å². The molecule has 29 heavy (non-hydrogen) atoms. The molecule has 5 nitrogen and oxygen atoms in total. The molecule has 0 aliphatic carbocycles. The molecule has 0 aliphatic heterocycles. The van der Waals surface area contributed by atoms with Crippen LogP contribution in [0.25, 0.3) is 39.9 Å². The molecule has 5 aromatic rings. The standard InChI is InChI=1S/C24H17N5/c1-3-7-18(8-4-1)22-26-23(19-9-5-2-6-10-19)28-24(27-22)20-11-13-21(14-12-20)29-16-15-25-17-29/h1-17H. The summed E-state index contributed by atoms with van der Waals surface area (Å²) in [5, 5.41) is 0. The van der Waals surface area contributed by atoms with Crippen LogP contribution in [0.3, 0.4) is 0 Å². The molecule has 138 valence electrons. The van der Waals surface area contributed by atoms with E-state index in [9.17, 15) is 0 Å². The van der Waals surface area contributed by atoms with Gasteiger partial charge in [0.25, 0.3) is 0 Å². The summed E-state index contributed by atoms with van der Waals surface area (Å²) in [6, 6.07) is 28.1. The smallest absolute Gasteiger partial charge is 0.164 e. The lowest BCUT2D eigenvalue weighted by atomic mass is 10.1. The van der Waals surface area contributed by atoms with E-state index < -0.39 is 0 Å². The van der Waals surface area contributed by atoms with Gasteiger partial charge in [0.1, 0.15) is 0 Å². The Kier molecular flexibility index (Phi) is 4.39. The highest BCUT2D eigenvalue weighted by molar-refractivity contribution is 5.66. The minimum Gasteiger partial charge on any atom is -0.306 e. The molecule has 0 N–H and O–H groups in total. The van der Waals surface area contributed by atoms with Gasteiger partial charge in [-0.25, -0.2) is 19.9 Å². The second-order valence-electron chi connectivity index (χ2n) is 6.56. The lowest BCUT2D eigenvalue weighted by Crippen LogP contribution is -2.00. The molecule has 0 amide bonds. The van der Waals surface area contributed by atoms with E-state index in [4.69, 9.17) is 15.0 Å². The van der Waals surface area contributed by atoms with Gasteiger partial charge in [0.05, 0.1) is 6.33 Å². The first-order chi connectivity index (χ1) is 14.4. The average molecular weight is 375 g/mol. The predicted octanol–water partition coefficient (Wildman–Crippen LogP) is 5.06. The minimum absolute atomic E-state index is 0.648. The van der Waals surface area contributed by atoms with Gasteiger partial charge in [-0.1, -0.05) is 60.7 Å². The molecule has 0 radical (unpaired) electrons. The number of nitrogens with zero attached hydrogens (tertiary/aromatic N) is 5. The number of aromatic nitrogens is 5. The quantitative estimate of drug-likeness (QED) is 0.441. The van der Waals surface area contributed by atoms with Crippen molar-refractivity contribution in [2.75, 3.05) is 0 Å². The third-order valence-corrected chi connectivity index (χ3v) is 4.63. The molecule has 2 heterocycles. The van der Waals surface area contributed by atoms with Crippen LogP contribution in [0.2, 0.25) is 0 Å². The summed E-state index contributed by atoms with van der Waals surface area (Å²) in [5.41, 5.74) is 3.89. The van der Waals surface area contributed by atoms with Gasteiger partial charge >= 0.3 is 0 Å². The fraction of sp³-hybridized carbons (Fsp3) is 0. The largest absolute Gasteiger partial charge is 0.306 e. The molecule has 5 heteroatoms. The van der Waals surface area contributed by atoms with Gasteiger partial charge in [-0.2, -0.15) is 0 Å². The predicted molar refractivity (Wildman–Crippen MR) is 113 cm³/mol. The number of hydrogen-bond acceptors (Lipinski definition) is 4. The summed E-state index contributed by atoms with van der Waals surface area (Å²) in [4.78, 5) is 18.3. The van der Waals surface area contributed by atoms with Crippen LogP contribution >= 0.6 is 0 Å². The molecule has 0 bridgehead atoms. The Bertz CT molecular complexity index is 1160. The van der Waals surface area contributed by atoms with Crippen LogP contribution in [0, 0.1) is 0 Å². The van der Waals surface area contributed by atoms with Crippen molar-refractivity contribution in [3.05, 3.63) is 104 Å². The summed E-state index contributed by atoms with van der Waals surface area (Å²) < 4.78 is 1.96. The molecule has 2 aromatic heterocycles. The molecule has 0 spiro atoms. The Labute approximate surface area is 168 Å². The highest BCUT2D eigenvalue weighted by Crippen LogP contribution is 2.25. The average Bonchev–Trinajstić information content (AvgIpc) is 3.35. The number of hydrogen-bond donors (Lipinski definition) is 0. The molecular weight excluding hydrogens is 358 g/mol. The fourth-order valence-corrected chi connectivity index (χ4v) is 3.13. The van der Waals surface area contributed by atoms with Crippen LogP contribution in [-0.2, 0) is 0 Å². The van der Waals surface area contributed by atoms with Crippen molar-refractivity contribution in [1.82, 2.24) is 24.5 Å². The fourth-order valence-electron chi connectivity index (χ4n) is 3.13. The molecule has 0 saturated carbocycles. The topological polar surface area (TPSA) is 56.5 Å². The second kappa shape index (κ2) is 7.48. The van der Waals surface area contributed by atoms with Crippen LogP contribution in [0.1, 0.15) is 0 Å². The van der Waals surface area contributed by atoms with Gasteiger partial charge in [0.2, 0.25) is 0 Å². The Morgan fingerprint density at radius 1 is 0.517 bits per heavy atom. The van der Waals surface area contributed by atoms with Crippen molar-refractivity contribution >= 4 is 0 Å². The lowest BCUT2D eigenvalue weighted by Gasteiger charge is -2.09. The summed E-state index contributed by atoms with van der Waals surface area (Å²) in [6.45, 7) is 0. The van der Waals surface area contributed by atoms with E-state index in [1.807, 2.05) is 95.7 Å². The van der Waals surface area contributed by atoms with E-state index in [0.29, 0.717) is 17.5 Å². The molecule has 0 unspecified atom stereocenters. The molecule has 3 aromatic carbocycles. The van der Waals surface area contributed by atoms with Gasteiger partial charge in [-0.3, -0.25) is 0 Å². The second-order valence-corrected chi connectivity index (χ2v) is 6.56. The monoisotopic (exact) mass is 375 g/mol. The SMILES string of the molecule is c1ccc(-c2nc(-c3ccccc3)nc(-c3ccc(-n4ccnc4)cc3)n2)cc1. The van der Waals surface area contributed by atoms with Crippen molar-refractivity contribution in [2.45, 2.75) is 0 Å². The molecule has 0 saturated heterocycles. The van der Waals surface area contributed by atoms with Crippen molar-refractivity contribution in [1.29, 1.82) is 0 Å². The van der Waals surface area contributed by atoms with Crippen molar-refractivity contribution in [3.8, 4) is 39.9 Å². The first-order valence-electron chi connectivity index (χ1n) is 9.32. The van der Waals surface area contributed by atoms with Crippen LogP contribution in [0.5, 0.6) is 0 Å². The van der Waals surface area contributed by atoms with Crippen LogP contribution in [-0.4, -0.2) is 24.5 Å². The Balaban J connectivity index is 1.62. The lowest BCUT2D eigenvalue weighted by molar-refractivity contribution is 1.05. The summed E-state index contributed by atoms with van der Waals surface area (Å²) in [6.07, 6.45) is 5.45. The van der Waals surface area contributed by atoms with Crippen molar-refractivity contribution in [2.24, 2.45) is 0 Å². The molecule has 0 aliphatic rings. The van der Waals surface area contributed by atoms with Crippen molar-refractivity contribution < 1.29 is 0 Å². The van der Waals surface area contributed by atoms with Gasteiger partial charge < -0.3 is 4.57 Å². The maximum atomic E-state index is 4.75. The van der Waals surface area contributed by atoms with Gasteiger partial charge in [-0.15, -0.1) is 0 Å². The maximum absolute atomic E-state index is 4.75. The van der Waals surface area contributed by atoms with E-state index >= 15 is 0 Å².